The highest BCUT2D eigenvalue weighted by Gasteiger charge is 2.13. The first kappa shape index (κ1) is 3.33. The largest absolute Gasteiger partial charge is 0.373 e. The highest BCUT2D eigenvalue weighted by molar-refractivity contribution is 6.44. The zero-order valence-corrected chi connectivity index (χ0v) is 4.26. The Hall–Kier alpha value is 0.137. The molecule has 0 bridgehead atoms. The molecule has 0 unspecified atom stereocenters. The highest BCUT2D eigenvalue weighted by Crippen LogP contribution is 1.97. The SMILES string of the molecule is C[SiH]1OCO1. The lowest BCUT2D eigenvalue weighted by Gasteiger charge is -2.20. The summed E-state index contributed by atoms with van der Waals surface area (Å²) in [6, 6.07) is 0. The van der Waals surface area contributed by atoms with Crippen LogP contribution in [0.4, 0.5) is 0 Å². The molecule has 0 aromatic rings. The van der Waals surface area contributed by atoms with Gasteiger partial charge in [0.1, 0.15) is 6.79 Å². The van der Waals surface area contributed by atoms with Crippen molar-refractivity contribution in [3.63, 3.8) is 0 Å². The second-order valence-corrected chi connectivity index (χ2v) is 2.82. The molecule has 5 heavy (non-hydrogen) atoms. The molecule has 1 fully saturated rings. The molecule has 0 amide bonds. The van der Waals surface area contributed by atoms with E-state index in [4.69, 9.17) is 8.85 Å². The van der Waals surface area contributed by atoms with E-state index in [0.29, 0.717) is 6.79 Å². The normalized spacial score (nSPS) is 25.8. The average Bonchev–Trinajstić information content (AvgIpc) is 1.30. The van der Waals surface area contributed by atoms with Gasteiger partial charge in [0.15, 0.2) is 0 Å². The minimum absolute atomic E-state index is 0.549. The Morgan fingerprint density at radius 1 is 1.60 bits per heavy atom. The molecule has 30 valence electrons. The van der Waals surface area contributed by atoms with Crippen molar-refractivity contribution in [1.29, 1.82) is 0 Å². The molecule has 0 aliphatic carbocycles. The third kappa shape index (κ3) is 0.502. The standard InChI is InChI=1S/C2H6O2Si/c1-5-3-2-4-5/h5H,2H2,1H3. The Morgan fingerprint density at radius 2 is 2.00 bits per heavy atom. The van der Waals surface area contributed by atoms with Crippen LogP contribution in [0.2, 0.25) is 6.55 Å². The molecule has 1 saturated heterocycles. The third-order valence-corrected chi connectivity index (χ3v) is 1.82. The van der Waals surface area contributed by atoms with E-state index in [9.17, 15) is 0 Å². The molecule has 1 aliphatic heterocycles. The Balaban J connectivity index is 2.08. The Bertz CT molecular complexity index is 34.6. The lowest BCUT2D eigenvalue weighted by atomic mass is 11.5. The summed E-state index contributed by atoms with van der Waals surface area (Å²) in [6.07, 6.45) is 0. The van der Waals surface area contributed by atoms with Gasteiger partial charge in [-0.25, -0.2) is 0 Å². The fourth-order valence-electron chi connectivity index (χ4n) is 0.204. The van der Waals surface area contributed by atoms with Gasteiger partial charge in [0, 0.05) is 0 Å². The van der Waals surface area contributed by atoms with Crippen molar-refractivity contribution in [2.75, 3.05) is 6.79 Å². The summed E-state index contributed by atoms with van der Waals surface area (Å²) < 4.78 is 9.69. The van der Waals surface area contributed by atoms with Crippen molar-refractivity contribution < 1.29 is 8.85 Å². The van der Waals surface area contributed by atoms with E-state index in [1.54, 1.807) is 0 Å². The topological polar surface area (TPSA) is 18.5 Å². The van der Waals surface area contributed by atoms with Crippen LogP contribution in [-0.4, -0.2) is 16.1 Å². The third-order valence-electron chi connectivity index (χ3n) is 0.605. The molecule has 0 radical (unpaired) electrons. The minimum Gasteiger partial charge on any atom is -0.373 e. The van der Waals surface area contributed by atoms with E-state index in [1.165, 1.54) is 0 Å². The summed E-state index contributed by atoms with van der Waals surface area (Å²) in [5.41, 5.74) is 0. The van der Waals surface area contributed by atoms with Gasteiger partial charge in [0.05, 0.1) is 0 Å². The summed E-state index contributed by atoms with van der Waals surface area (Å²) in [5.74, 6) is 0. The second-order valence-electron chi connectivity index (χ2n) is 1.02. The van der Waals surface area contributed by atoms with Gasteiger partial charge in [0.2, 0.25) is 0 Å². The van der Waals surface area contributed by atoms with E-state index in [-0.39, 0.29) is 0 Å². The number of hydrogen-bond acceptors (Lipinski definition) is 2. The molecule has 0 aromatic carbocycles. The molecule has 0 aromatic heterocycles. The van der Waals surface area contributed by atoms with E-state index >= 15 is 0 Å². The second kappa shape index (κ2) is 1.08. The lowest BCUT2D eigenvalue weighted by molar-refractivity contribution is -0.00865. The number of hydrogen-bond donors (Lipinski definition) is 0. The first-order chi connectivity index (χ1) is 2.39. The highest BCUT2D eigenvalue weighted by atomic mass is 28.3. The van der Waals surface area contributed by atoms with Gasteiger partial charge in [-0.2, -0.15) is 0 Å². The molecule has 1 aliphatic rings. The molecule has 0 saturated carbocycles. The fraction of sp³-hybridized carbons (Fsp3) is 1.00. The predicted molar refractivity (Wildman–Crippen MR) is 20.0 cm³/mol. The zero-order valence-electron chi connectivity index (χ0n) is 3.10. The maximum atomic E-state index is 4.85. The summed E-state index contributed by atoms with van der Waals surface area (Å²) in [4.78, 5) is 0. The summed E-state index contributed by atoms with van der Waals surface area (Å²) in [5, 5.41) is 0. The Kier molecular flexibility index (Phi) is 0.720. The van der Waals surface area contributed by atoms with E-state index in [0.717, 1.165) is 0 Å². The summed E-state index contributed by atoms with van der Waals surface area (Å²) >= 11 is 0. The van der Waals surface area contributed by atoms with Crippen LogP contribution in [-0.2, 0) is 8.85 Å². The lowest BCUT2D eigenvalue weighted by Crippen LogP contribution is -2.31. The van der Waals surface area contributed by atoms with Gasteiger partial charge in [-0.1, -0.05) is 0 Å². The van der Waals surface area contributed by atoms with Crippen LogP contribution < -0.4 is 0 Å². The first-order valence-electron chi connectivity index (χ1n) is 1.63. The molecule has 0 N–H and O–H groups in total. The molecular formula is C2H6O2Si. The zero-order chi connectivity index (χ0) is 3.70. The van der Waals surface area contributed by atoms with Crippen LogP contribution in [0.3, 0.4) is 0 Å². The van der Waals surface area contributed by atoms with Crippen molar-refractivity contribution in [2.45, 2.75) is 6.55 Å². The fourth-order valence-corrected chi connectivity index (χ4v) is 0.612. The smallest absolute Gasteiger partial charge is 0.321 e. The molecule has 1 heterocycles. The molecule has 0 spiro atoms. The van der Waals surface area contributed by atoms with E-state index < -0.39 is 9.28 Å². The quantitative estimate of drug-likeness (QED) is 0.385. The number of rotatable bonds is 0. The van der Waals surface area contributed by atoms with Gasteiger partial charge < -0.3 is 8.85 Å². The van der Waals surface area contributed by atoms with E-state index in [1.807, 2.05) is 6.55 Å². The maximum absolute atomic E-state index is 4.85. The van der Waals surface area contributed by atoms with Crippen molar-refractivity contribution >= 4 is 9.28 Å². The molecule has 2 nitrogen and oxygen atoms in total. The van der Waals surface area contributed by atoms with Crippen molar-refractivity contribution in [3.05, 3.63) is 0 Å². The van der Waals surface area contributed by atoms with Crippen LogP contribution in [0.5, 0.6) is 0 Å². The summed E-state index contributed by atoms with van der Waals surface area (Å²) in [7, 11) is -0.969. The van der Waals surface area contributed by atoms with Gasteiger partial charge >= 0.3 is 9.28 Å². The summed E-state index contributed by atoms with van der Waals surface area (Å²) in [6.45, 7) is 2.55. The van der Waals surface area contributed by atoms with Crippen LogP contribution >= 0.6 is 0 Å². The van der Waals surface area contributed by atoms with Gasteiger partial charge in [0.25, 0.3) is 0 Å². The van der Waals surface area contributed by atoms with Crippen molar-refractivity contribution in [3.8, 4) is 0 Å². The molecular weight excluding hydrogens is 84.1 g/mol. The van der Waals surface area contributed by atoms with E-state index in [2.05, 4.69) is 0 Å². The molecule has 0 atom stereocenters. The van der Waals surface area contributed by atoms with Crippen LogP contribution in [0, 0.1) is 0 Å². The van der Waals surface area contributed by atoms with Crippen molar-refractivity contribution in [2.24, 2.45) is 0 Å². The van der Waals surface area contributed by atoms with Crippen LogP contribution in [0.25, 0.3) is 0 Å². The van der Waals surface area contributed by atoms with Gasteiger partial charge in [-0.3, -0.25) is 0 Å². The molecule has 1 rings (SSSR count). The van der Waals surface area contributed by atoms with Crippen LogP contribution in [0.1, 0.15) is 0 Å². The molecule has 3 heteroatoms. The average molecular weight is 90.2 g/mol. The van der Waals surface area contributed by atoms with Gasteiger partial charge in [-0.05, 0) is 6.55 Å². The minimum atomic E-state index is -0.969. The Labute approximate surface area is 32.5 Å². The van der Waals surface area contributed by atoms with Crippen LogP contribution in [0.15, 0.2) is 0 Å². The van der Waals surface area contributed by atoms with Crippen molar-refractivity contribution in [1.82, 2.24) is 0 Å². The maximum Gasteiger partial charge on any atom is 0.321 e. The first-order valence-corrected chi connectivity index (χ1v) is 3.72. The van der Waals surface area contributed by atoms with Gasteiger partial charge in [-0.15, -0.1) is 0 Å². The predicted octanol–water partition coefficient (Wildman–Crippen LogP) is -0.159. The monoisotopic (exact) mass is 90.0 g/mol. The Morgan fingerprint density at radius 3 is 2.00 bits per heavy atom.